The highest BCUT2D eigenvalue weighted by atomic mass is 35.5. The summed E-state index contributed by atoms with van der Waals surface area (Å²) in [5, 5.41) is 0. The highest BCUT2D eigenvalue weighted by Gasteiger charge is 2.71. The minimum atomic E-state index is -0.255. The zero-order chi connectivity index (χ0) is 16.9. The summed E-state index contributed by atoms with van der Waals surface area (Å²) < 4.78 is 11.4. The molecule has 2 saturated carbocycles. The summed E-state index contributed by atoms with van der Waals surface area (Å²) in [6.45, 7) is 1.51. The summed E-state index contributed by atoms with van der Waals surface area (Å²) in [5.74, 6) is -0.286. The molecule has 1 aromatic rings. The number of hydrogen-bond acceptors (Lipinski definition) is 3. The number of carbonyl (C=O) groups excluding carboxylic acids is 1. The monoisotopic (exact) mass is 350 g/mol. The Morgan fingerprint density at radius 3 is 2.75 bits per heavy atom. The molecule has 3 nitrogen and oxygen atoms in total. The predicted molar refractivity (Wildman–Crippen MR) is 95.0 cm³/mol. The molecular formula is C20H27ClO3. The molecule has 0 saturated heterocycles. The Morgan fingerprint density at radius 1 is 1.12 bits per heavy atom. The first-order valence-electron chi connectivity index (χ1n) is 9.09. The van der Waals surface area contributed by atoms with E-state index in [0.29, 0.717) is 6.61 Å². The summed E-state index contributed by atoms with van der Waals surface area (Å²) in [5.41, 5.74) is 1.33. The molecule has 2 aliphatic carbocycles. The van der Waals surface area contributed by atoms with Crippen LogP contribution in [0.3, 0.4) is 0 Å². The van der Waals surface area contributed by atoms with Crippen LogP contribution in [-0.2, 0) is 20.9 Å². The number of ether oxygens (including phenoxy) is 2. The normalized spacial score (nSPS) is 27.7. The van der Waals surface area contributed by atoms with Gasteiger partial charge in [-0.05, 0) is 44.1 Å². The quantitative estimate of drug-likeness (QED) is 0.343. The smallest absolute Gasteiger partial charge is 0.321 e. The van der Waals surface area contributed by atoms with E-state index in [1.165, 1.54) is 37.7 Å². The Balaban J connectivity index is 1.29. The SMILES string of the molecule is O=C(CCl)O[C@@]12CCC[C@]1(CCCCCOCc1ccccc1)C2. The predicted octanol–water partition coefficient (Wildman–Crippen LogP) is 4.86. The second kappa shape index (κ2) is 7.88. The van der Waals surface area contributed by atoms with Gasteiger partial charge in [0.2, 0.25) is 0 Å². The molecule has 0 N–H and O–H groups in total. The van der Waals surface area contributed by atoms with E-state index in [0.717, 1.165) is 25.9 Å². The fraction of sp³-hybridized carbons (Fsp3) is 0.650. The molecule has 4 heteroatoms. The number of carbonyl (C=O) groups is 1. The van der Waals surface area contributed by atoms with E-state index in [-0.39, 0.29) is 22.9 Å². The van der Waals surface area contributed by atoms with Crippen molar-refractivity contribution >= 4 is 17.6 Å². The van der Waals surface area contributed by atoms with Crippen molar-refractivity contribution in [2.45, 2.75) is 63.6 Å². The fourth-order valence-electron chi connectivity index (χ4n) is 4.37. The van der Waals surface area contributed by atoms with Crippen LogP contribution < -0.4 is 0 Å². The molecule has 24 heavy (non-hydrogen) atoms. The third-order valence-electron chi connectivity index (χ3n) is 5.68. The van der Waals surface area contributed by atoms with Crippen LogP contribution in [0, 0.1) is 5.41 Å². The molecule has 0 bridgehead atoms. The van der Waals surface area contributed by atoms with Crippen molar-refractivity contribution in [1.82, 2.24) is 0 Å². The molecule has 0 aromatic heterocycles. The summed E-state index contributed by atoms with van der Waals surface area (Å²) in [6, 6.07) is 10.3. The van der Waals surface area contributed by atoms with E-state index in [1.54, 1.807) is 0 Å². The van der Waals surface area contributed by atoms with Crippen LogP contribution in [-0.4, -0.2) is 24.1 Å². The van der Waals surface area contributed by atoms with Crippen molar-refractivity contribution in [1.29, 1.82) is 0 Å². The van der Waals surface area contributed by atoms with Gasteiger partial charge < -0.3 is 9.47 Å². The second-order valence-electron chi connectivity index (χ2n) is 7.26. The third kappa shape index (κ3) is 3.94. The highest BCUT2D eigenvalue weighted by Crippen LogP contribution is 2.71. The van der Waals surface area contributed by atoms with Gasteiger partial charge in [-0.15, -0.1) is 11.6 Å². The lowest BCUT2D eigenvalue weighted by atomic mass is 9.95. The van der Waals surface area contributed by atoms with Gasteiger partial charge in [0.25, 0.3) is 0 Å². The number of fused-ring (bicyclic) bond motifs is 1. The molecule has 132 valence electrons. The molecule has 2 aliphatic rings. The molecule has 2 atom stereocenters. The highest BCUT2D eigenvalue weighted by molar-refractivity contribution is 6.26. The Bertz CT molecular complexity index is 547. The number of rotatable bonds is 10. The Morgan fingerprint density at radius 2 is 1.96 bits per heavy atom. The van der Waals surface area contributed by atoms with Gasteiger partial charge in [-0.25, -0.2) is 0 Å². The van der Waals surface area contributed by atoms with Gasteiger partial charge in [0.1, 0.15) is 11.5 Å². The molecule has 0 amide bonds. The van der Waals surface area contributed by atoms with Crippen LogP contribution >= 0.6 is 11.6 Å². The summed E-state index contributed by atoms with van der Waals surface area (Å²) in [7, 11) is 0. The van der Waals surface area contributed by atoms with Crippen molar-refractivity contribution in [3.05, 3.63) is 35.9 Å². The number of alkyl halides is 1. The molecule has 2 fully saturated rings. The molecule has 1 aromatic carbocycles. The second-order valence-corrected chi connectivity index (χ2v) is 7.53. The standard InChI is InChI=1S/C20H27ClO3/c21-14-18(22)24-20-12-7-11-19(20,16-20)10-5-2-6-13-23-15-17-8-3-1-4-9-17/h1,3-4,8-9H,2,5-7,10-16H2/t19-,20-/m1/s1. The maximum absolute atomic E-state index is 11.5. The Labute approximate surface area is 149 Å². The Hall–Kier alpha value is -1.06. The van der Waals surface area contributed by atoms with Gasteiger partial charge in [0.15, 0.2) is 0 Å². The lowest BCUT2D eigenvalue weighted by Gasteiger charge is -2.18. The molecule has 0 spiro atoms. The van der Waals surface area contributed by atoms with Gasteiger partial charge >= 0.3 is 5.97 Å². The molecule has 3 rings (SSSR count). The zero-order valence-electron chi connectivity index (χ0n) is 14.3. The first-order valence-corrected chi connectivity index (χ1v) is 9.63. The average Bonchev–Trinajstić information content (AvgIpc) is 3.08. The van der Waals surface area contributed by atoms with Crippen molar-refractivity contribution in [2.75, 3.05) is 12.5 Å². The lowest BCUT2D eigenvalue weighted by Crippen LogP contribution is -2.23. The maximum Gasteiger partial charge on any atom is 0.321 e. The maximum atomic E-state index is 11.5. The lowest BCUT2D eigenvalue weighted by molar-refractivity contribution is -0.149. The van der Waals surface area contributed by atoms with E-state index < -0.39 is 0 Å². The fourth-order valence-corrected chi connectivity index (χ4v) is 4.43. The zero-order valence-corrected chi connectivity index (χ0v) is 15.0. The van der Waals surface area contributed by atoms with Crippen LogP contribution in [0.5, 0.6) is 0 Å². The van der Waals surface area contributed by atoms with Gasteiger partial charge in [0, 0.05) is 12.0 Å². The van der Waals surface area contributed by atoms with E-state index in [9.17, 15) is 4.79 Å². The number of esters is 1. The minimum Gasteiger partial charge on any atom is -0.458 e. The number of halogens is 1. The van der Waals surface area contributed by atoms with Crippen LogP contribution in [0.4, 0.5) is 0 Å². The van der Waals surface area contributed by atoms with Crippen molar-refractivity contribution < 1.29 is 14.3 Å². The van der Waals surface area contributed by atoms with Crippen molar-refractivity contribution in [3.63, 3.8) is 0 Å². The van der Waals surface area contributed by atoms with Gasteiger partial charge in [-0.2, -0.15) is 0 Å². The largest absolute Gasteiger partial charge is 0.458 e. The van der Waals surface area contributed by atoms with Crippen LogP contribution in [0.25, 0.3) is 0 Å². The van der Waals surface area contributed by atoms with Crippen LogP contribution in [0.2, 0.25) is 0 Å². The third-order valence-corrected chi connectivity index (χ3v) is 5.89. The molecule has 0 radical (unpaired) electrons. The summed E-state index contributed by atoms with van der Waals surface area (Å²) >= 11 is 5.59. The molecule has 0 unspecified atom stereocenters. The van der Waals surface area contributed by atoms with Gasteiger partial charge in [-0.3, -0.25) is 4.79 Å². The number of benzene rings is 1. The number of hydrogen-bond donors (Lipinski definition) is 0. The first-order chi connectivity index (χ1) is 11.7. The van der Waals surface area contributed by atoms with Crippen LogP contribution in [0.15, 0.2) is 30.3 Å². The molecular weight excluding hydrogens is 324 g/mol. The molecule has 0 heterocycles. The van der Waals surface area contributed by atoms with Crippen LogP contribution in [0.1, 0.15) is 56.9 Å². The summed E-state index contributed by atoms with van der Waals surface area (Å²) in [6.07, 6.45) is 9.08. The number of unbranched alkanes of at least 4 members (excludes halogenated alkanes) is 2. The van der Waals surface area contributed by atoms with E-state index in [1.807, 2.05) is 18.2 Å². The topological polar surface area (TPSA) is 35.5 Å². The summed E-state index contributed by atoms with van der Waals surface area (Å²) in [4.78, 5) is 11.5. The average molecular weight is 351 g/mol. The Kier molecular flexibility index (Phi) is 5.83. The van der Waals surface area contributed by atoms with Gasteiger partial charge in [-0.1, -0.05) is 43.2 Å². The minimum absolute atomic E-state index is 0.0312. The van der Waals surface area contributed by atoms with E-state index in [2.05, 4.69) is 12.1 Å². The van der Waals surface area contributed by atoms with E-state index in [4.69, 9.17) is 21.1 Å². The van der Waals surface area contributed by atoms with Crippen molar-refractivity contribution in [2.24, 2.45) is 5.41 Å². The first kappa shape index (κ1) is 17.8. The van der Waals surface area contributed by atoms with Crippen molar-refractivity contribution in [3.8, 4) is 0 Å². The van der Waals surface area contributed by atoms with E-state index >= 15 is 0 Å². The van der Waals surface area contributed by atoms with Gasteiger partial charge in [0.05, 0.1) is 6.61 Å². The molecule has 0 aliphatic heterocycles.